The van der Waals surface area contributed by atoms with Crippen LogP contribution < -0.4 is 11.1 Å². The standard InChI is InChI=1S/C41H64N2O13/c1-10-12-13-14-16-20-29(46)53-34-31-30(25(6)33(34)54-37(48)24(5)11-2)35-41(51,40(9,50)38(49)55-35)27(22-39(31,8)56-26(7)44)52-28(45)19-17-15-18-21-43-36(47)32(42)23(3)4/h11,23,27,31-35,50-51H,10,12-22,42H2,1-9H3,(H,43,47)/b24-11-/t27-,31+,32-,33-,34-,35-,39-,40+,41+/m0/s1. The molecule has 1 saturated carbocycles. The molecule has 0 unspecified atom stereocenters. The molecule has 0 spiro atoms. The molecule has 3 rings (SSSR count). The van der Waals surface area contributed by atoms with E-state index in [1.807, 2.05) is 13.8 Å². The average molecular weight is 793 g/mol. The number of esters is 5. The molecule has 56 heavy (non-hydrogen) atoms. The van der Waals surface area contributed by atoms with Crippen LogP contribution in [0.3, 0.4) is 0 Å². The second kappa shape index (κ2) is 19.6. The van der Waals surface area contributed by atoms with Crippen LogP contribution in [0.5, 0.6) is 0 Å². The molecule has 1 heterocycles. The number of allylic oxidation sites excluding steroid dienone is 1. The number of hydrogen-bond donors (Lipinski definition) is 4. The van der Waals surface area contributed by atoms with Crippen LogP contribution in [0.1, 0.15) is 133 Å². The van der Waals surface area contributed by atoms with Gasteiger partial charge in [0.1, 0.15) is 11.7 Å². The molecule has 0 aromatic carbocycles. The minimum Gasteiger partial charge on any atom is -0.459 e. The molecule has 2 fully saturated rings. The Bertz CT molecular complexity index is 1540. The molecule has 1 saturated heterocycles. The number of carbonyl (C=O) groups is 6. The van der Waals surface area contributed by atoms with Crippen LogP contribution in [0.15, 0.2) is 22.8 Å². The summed E-state index contributed by atoms with van der Waals surface area (Å²) in [5.74, 6) is -5.54. The van der Waals surface area contributed by atoms with Crippen LogP contribution in [0, 0.1) is 11.8 Å². The Kier molecular flexibility index (Phi) is 16.3. The molecule has 0 radical (unpaired) electrons. The molecule has 0 bridgehead atoms. The van der Waals surface area contributed by atoms with E-state index in [-0.39, 0.29) is 41.4 Å². The maximum Gasteiger partial charge on any atom is 0.341 e. The van der Waals surface area contributed by atoms with Crippen LogP contribution in [0.25, 0.3) is 0 Å². The highest BCUT2D eigenvalue weighted by Crippen LogP contribution is 2.57. The summed E-state index contributed by atoms with van der Waals surface area (Å²) in [6, 6.07) is -0.634. The molecular weight excluding hydrogens is 728 g/mol. The fraction of sp³-hybridized carbons (Fsp3) is 0.756. The Morgan fingerprint density at radius 3 is 2.11 bits per heavy atom. The SMILES string of the molecule is C/C=C(/C)C(=O)O[C@H]1C(C)=C2[C@H]([C@@H]1OC(=O)CCCCCCC)[C@@](C)(OC(C)=O)C[C@H](OC(=O)CCCCCNC(=O)[C@@H](N)C(C)C)[C@@]1(O)[C@H]2OC(=O)[C@@]1(C)O. The van der Waals surface area contributed by atoms with E-state index >= 15 is 0 Å². The van der Waals surface area contributed by atoms with Crippen molar-refractivity contribution in [2.75, 3.05) is 6.54 Å². The van der Waals surface area contributed by atoms with Gasteiger partial charge in [-0.1, -0.05) is 59.0 Å². The summed E-state index contributed by atoms with van der Waals surface area (Å²) in [5, 5.41) is 27.1. The van der Waals surface area contributed by atoms with Crippen LogP contribution in [0.2, 0.25) is 0 Å². The van der Waals surface area contributed by atoms with Crippen molar-refractivity contribution in [1.29, 1.82) is 0 Å². The van der Waals surface area contributed by atoms with Crippen molar-refractivity contribution < 1.29 is 62.7 Å². The van der Waals surface area contributed by atoms with Crippen molar-refractivity contribution in [2.45, 2.75) is 180 Å². The average Bonchev–Trinajstić information content (AvgIpc) is 3.45. The molecule has 316 valence electrons. The number of nitrogens with one attached hydrogen (secondary N) is 1. The first-order valence-corrected chi connectivity index (χ1v) is 20.0. The smallest absolute Gasteiger partial charge is 0.341 e. The minimum atomic E-state index is -2.64. The fourth-order valence-corrected chi connectivity index (χ4v) is 7.90. The zero-order chi connectivity index (χ0) is 42.2. The van der Waals surface area contributed by atoms with Gasteiger partial charge in [-0.25, -0.2) is 9.59 Å². The summed E-state index contributed by atoms with van der Waals surface area (Å²) in [5.41, 5.74) is -0.526. The Hall–Kier alpha value is -3.82. The predicted molar refractivity (Wildman–Crippen MR) is 203 cm³/mol. The number of nitrogens with two attached hydrogens (primary N) is 1. The number of fused-ring (bicyclic) bond motifs is 3. The van der Waals surface area contributed by atoms with Gasteiger partial charge in [0.05, 0.1) is 12.0 Å². The molecule has 15 heteroatoms. The van der Waals surface area contributed by atoms with Gasteiger partial charge >= 0.3 is 29.8 Å². The number of rotatable bonds is 19. The third-order valence-electron chi connectivity index (χ3n) is 11.4. The summed E-state index contributed by atoms with van der Waals surface area (Å²) >= 11 is 0. The van der Waals surface area contributed by atoms with Crippen molar-refractivity contribution in [2.24, 2.45) is 17.6 Å². The molecule has 3 aliphatic rings. The molecular formula is C41H64N2O13. The van der Waals surface area contributed by atoms with Crippen LogP contribution in [-0.2, 0) is 52.5 Å². The normalized spacial score (nSPS) is 30.5. The van der Waals surface area contributed by atoms with Crippen LogP contribution in [-0.4, -0.2) is 99.8 Å². The van der Waals surface area contributed by atoms with E-state index in [0.29, 0.717) is 32.2 Å². The number of aliphatic hydroxyl groups is 2. The van der Waals surface area contributed by atoms with Gasteiger partial charge in [-0.3, -0.25) is 19.2 Å². The van der Waals surface area contributed by atoms with Crippen LogP contribution in [0.4, 0.5) is 0 Å². The van der Waals surface area contributed by atoms with E-state index in [1.165, 1.54) is 6.92 Å². The topological polar surface area (TPSA) is 227 Å². The molecule has 5 N–H and O–H groups in total. The van der Waals surface area contributed by atoms with E-state index in [2.05, 4.69) is 12.2 Å². The molecule has 9 atom stereocenters. The highest BCUT2D eigenvalue weighted by Gasteiger charge is 2.76. The lowest BCUT2D eigenvalue weighted by Gasteiger charge is -2.41. The lowest BCUT2D eigenvalue weighted by atomic mass is 9.75. The molecule has 15 nitrogen and oxygen atoms in total. The second-order valence-corrected chi connectivity index (χ2v) is 16.2. The predicted octanol–water partition coefficient (Wildman–Crippen LogP) is 3.79. The molecule has 0 aromatic rings. The monoisotopic (exact) mass is 792 g/mol. The maximum atomic E-state index is 13.5. The Labute approximate surface area is 330 Å². The van der Waals surface area contributed by atoms with E-state index in [0.717, 1.165) is 39.5 Å². The van der Waals surface area contributed by atoms with Crippen molar-refractivity contribution in [3.8, 4) is 0 Å². The third kappa shape index (κ3) is 10.2. The summed E-state index contributed by atoms with van der Waals surface area (Å²) < 4.78 is 29.7. The van der Waals surface area contributed by atoms with E-state index < -0.39 is 89.4 Å². The first-order chi connectivity index (χ1) is 26.2. The zero-order valence-electron chi connectivity index (χ0n) is 34.6. The summed E-state index contributed by atoms with van der Waals surface area (Å²) in [4.78, 5) is 78.6. The number of unbranched alkanes of at least 4 members (excludes halogenated alkanes) is 6. The first-order valence-electron chi connectivity index (χ1n) is 20.0. The van der Waals surface area contributed by atoms with E-state index in [1.54, 1.807) is 26.8 Å². The molecule has 1 aliphatic heterocycles. The van der Waals surface area contributed by atoms with Gasteiger partial charge < -0.3 is 44.9 Å². The van der Waals surface area contributed by atoms with Gasteiger partial charge in [0.25, 0.3) is 0 Å². The van der Waals surface area contributed by atoms with Crippen LogP contribution >= 0.6 is 0 Å². The Morgan fingerprint density at radius 2 is 1.54 bits per heavy atom. The van der Waals surface area contributed by atoms with Gasteiger partial charge in [-0.05, 0) is 70.9 Å². The van der Waals surface area contributed by atoms with Gasteiger partial charge in [0.15, 0.2) is 29.5 Å². The Morgan fingerprint density at radius 1 is 0.946 bits per heavy atom. The summed E-state index contributed by atoms with van der Waals surface area (Å²) in [7, 11) is 0. The van der Waals surface area contributed by atoms with Crippen molar-refractivity contribution in [3.05, 3.63) is 22.8 Å². The number of ether oxygens (including phenoxy) is 5. The number of amides is 1. The number of carbonyl (C=O) groups excluding carboxylic acids is 6. The molecule has 2 aliphatic carbocycles. The van der Waals surface area contributed by atoms with Gasteiger partial charge in [-0.2, -0.15) is 0 Å². The van der Waals surface area contributed by atoms with Gasteiger partial charge in [-0.15, -0.1) is 0 Å². The van der Waals surface area contributed by atoms with Crippen molar-refractivity contribution in [1.82, 2.24) is 5.32 Å². The van der Waals surface area contributed by atoms with Gasteiger partial charge in [0.2, 0.25) is 5.91 Å². The second-order valence-electron chi connectivity index (χ2n) is 16.2. The summed E-state index contributed by atoms with van der Waals surface area (Å²) in [6.07, 6.45) is 0.750. The highest BCUT2D eigenvalue weighted by atomic mass is 16.6. The molecule has 0 aromatic heterocycles. The zero-order valence-corrected chi connectivity index (χ0v) is 34.6. The Balaban J connectivity index is 2.01. The third-order valence-corrected chi connectivity index (χ3v) is 11.4. The highest BCUT2D eigenvalue weighted by molar-refractivity contribution is 5.88. The largest absolute Gasteiger partial charge is 0.459 e. The van der Waals surface area contributed by atoms with Crippen molar-refractivity contribution >= 4 is 35.8 Å². The van der Waals surface area contributed by atoms with Gasteiger partial charge in [0, 0.05) is 38.3 Å². The lowest BCUT2D eigenvalue weighted by molar-refractivity contribution is -0.212. The summed E-state index contributed by atoms with van der Waals surface area (Å²) in [6.45, 7) is 14.6. The van der Waals surface area contributed by atoms with E-state index in [4.69, 9.17) is 29.4 Å². The number of hydrogen-bond acceptors (Lipinski definition) is 14. The minimum absolute atomic E-state index is 0.0237. The van der Waals surface area contributed by atoms with Crippen molar-refractivity contribution in [3.63, 3.8) is 0 Å². The lowest BCUT2D eigenvalue weighted by Crippen LogP contribution is -2.64. The molecule has 1 amide bonds. The first kappa shape index (κ1) is 46.6. The fourth-order valence-electron chi connectivity index (χ4n) is 7.90. The maximum absolute atomic E-state index is 13.5. The quantitative estimate of drug-likeness (QED) is 0.0480. The van der Waals surface area contributed by atoms with E-state index in [9.17, 15) is 39.0 Å².